The van der Waals surface area contributed by atoms with Crippen molar-refractivity contribution in [3.8, 4) is 28.4 Å². The lowest BCUT2D eigenvalue weighted by molar-refractivity contribution is -0.253. The summed E-state index contributed by atoms with van der Waals surface area (Å²) in [6, 6.07) is 46.2. The second-order valence-corrected chi connectivity index (χ2v) is 17.8. The molecule has 1 aliphatic carbocycles. The van der Waals surface area contributed by atoms with E-state index in [0.29, 0.717) is 17.2 Å². The van der Waals surface area contributed by atoms with Crippen molar-refractivity contribution in [3.05, 3.63) is 179 Å². The molecule has 1 fully saturated rings. The van der Waals surface area contributed by atoms with E-state index in [4.69, 9.17) is 42.6 Å². The third-order valence-electron chi connectivity index (χ3n) is 12.1. The Hall–Kier alpha value is -6.88. The van der Waals surface area contributed by atoms with E-state index in [2.05, 4.69) is 5.32 Å². The van der Waals surface area contributed by atoms with Crippen molar-refractivity contribution in [1.29, 1.82) is 0 Å². The van der Waals surface area contributed by atoms with Crippen LogP contribution in [0.5, 0.6) is 17.2 Å². The molecule has 0 aromatic heterocycles. The Morgan fingerprint density at radius 1 is 0.571 bits per heavy atom. The summed E-state index contributed by atoms with van der Waals surface area (Å²) in [6.07, 6.45) is -5.12. The van der Waals surface area contributed by atoms with E-state index in [1.165, 1.54) is 11.8 Å². The fraction of sp³-hybridized carbons (Fsp3) is 0.291. The Morgan fingerprint density at radius 3 is 1.54 bits per heavy atom. The van der Waals surface area contributed by atoms with Crippen LogP contribution in [-0.4, -0.2) is 93.6 Å². The normalized spacial score (nSPS) is 18.7. The maximum atomic E-state index is 13.7. The predicted octanol–water partition coefficient (Wildman–Crippen LogP) is 9.21. The van der Waals surface area contributed by atoms with Crippen molar-refractivity contribution in [1.82, 2.24) is 5.32 Å². The van der Waals surface area contributed by atoms with Crippen molar-refractivity contribution in [2.24, 2.45) is 0 Å². The third kappa shape index (κ3) is 12.7. The van der Waals surface area contributed by atoms with Crippen LogP contribution in [-0.2, 0) is 57.8 Å². The predicted molar refractivity (Wildman–Crippen MR) is 261 cm³/mol. The number of carbonyl (C=O) groups is 3. The molecule has 0 bridgehead atoms. The summed E-state index contributed by atoms with van der Waals surface area (Å²) in [7, 11) is 4.80. The molecule has 70 heavy (non-hydrogen) atoms. The van der Waals surface area contributed by atoms with Gasteiger partial charge in [-0.1, -0.05) is 115 Å². The zero-order valence-electron chi connectivity index (χ0n) is 39.0. The van der Waals surface area contributed by atoms with E-state index in [-0.39, 0.29) is 39.0 Å². The molecule has 1 heterocycles. The Labute approximate surface area is 411 Å². The van der Waals surface area contributed by atoms with Gasteiger partial charge in [-0.2, -0.15) is 0 Å². The van der Waals surface area contributed by atoms with E-state index in [1.807, 2.05) is 152 Å². The first-order valence-corrected chi connectivity index (χ1v) is 23.7. The van der Waals surface area contributed by atoms with Gasteiger partial charge in [0, 0.05) is 10.8 Å². The highest BCUT2D eigenvalue weighted by Gasteiger charge is 2.49. The number of esters is 1. The van der Waals surface area contributed by atoms with E-state index in [0.717, 1.165) is 43.8 Å². The van der Waals surface area contributed by atoms with Crippen LogP contribution >= 0.6 is 11.8 Å². The lowest BCUT2D eigenvalue weighted by atomic mass is 9.98. The smallest absolute Gasteiger partial charge is 0.407 e. The SMILES string of the molecule is COc1ccc(CO[C@@H]2[C@H](OCc3ccc(OC)cc3)[C@@H](Sc3ccccc3)O[C@H](COC(=O)C[C@H](NC(=O)OCC3c4ccccc4-c4ccccc43)C(=O)O)[C@H]2OCc2ccc(OC)cc2)cc1. The molecule has 6 aromatic carbocycles. The number of ether oxygens (including phenoxy) is 9. The average Bonchev–Trinajstić information content (AvgIpc) is 3.72. The van der Waals surface area contributed by atoms with Crippen LogP contribution in [0.15, 0.2) is 157 Å². The fourth-order valence-electron chi connectivity index (χ4n) is 8.43. The maximum absolute atomic E-state index is 13.7. The standard InChI is InChI=1S/C55H55NO13S/c1-61-38-23-17-35(18-24-38)30-65-50-48(34-64-49(57)29-47(53(58)59)56-55(60)68-33-46-44-15-9-7-13-42(44)43-14-8-10-16-45(43)46)69-54(70-41-11-5-4-6-12-41)52(67-32-37-21-27-40(63-3)28-22-37)51(50)66-31-36-19-25-39(62-2)26-20-36/h4-28,46-48,50-52,54H,29-34H2,1-3H3,(H,56,60)(H,58,59)/t47-,48+,50+,51-,52-,54+/m0/s1. The summed E-state index contributed by atoms with van der Waals surface area (Å²) in [5.41, 5.74) is 5.92. The summed E-state index contributed by atoms with van der Waals surface area (Å²) in [4.78, 5) is 40.3. The Balaban J connectivity index is 1.02. The third-order valence-corrected chi connectivity index (χ3v) is 13.3. The van der Waals surface area contributed by atoms with Crippen molar-refractivity contribution >= 4 is 29.8 Å². The lowest BCUT2D eigenvalue weighted by Crippen LogP contribution is -2.60. The molecule has 8 rings (SSSR count). The molecule has 0 radical (unpaired) electrons. The van der Waals surface area contributed by atoms with E-state index in [1.54, 1.807) is 21.3 Å². The van der Waals surface area contributed by atoms with Crippen LogP contribution in [0.3, 0.4) is 0 Å². The Morgan fingerprint density at radius 2 is 1.04 bits per heavy atom. The number of fused-ring (bicyclic) bond motifs is 3. The zero-order chi connectivity index (χ0) is 48.8. The van der Waals surface area contributed by atoms with Crippen molar-refractivity contribution in [2.45, 2.75) is 72.9 Å². The topological polar surface area (TPSA) is 167 Å². The zero-order valence-corrected chi connectivity index (χ0v) is 39.8. The number of alkyl carbamates (subject to hydrolysis) is 1. The van der Waals surface area contributed by atoms with Crippen LogP contribution in [0.2, 0.25) is 0 Å². The molecule has 1 amide bonds. The number of carbonyl (C=O) groups excluding carboxylic acids is 2. The monoisotopic (exact) mass is 969 g/mol. The number of carboxylic acids is 1. The molecule has 364 valence electrons. The average molecular weight is 970 g/mol. The van der Waals surface area contributed by atoms with Gasteiger partial charge in [0.15, 0.2) is 0 Å². The van der Waals surface area contributed by atoms with Crippen LogP contribution in [0.1, 0.15) is 40.2 Å². The molecular weight excluding hydrogens is 915 g/mol. The number of benzene rings is 6. The Kier molecular flexibility index (Phi) is 17.1. The van der Waals surface area contributed by atoms with Gasteiger partial charge in [0.05, 0.1) is 47.6 Å². The van der Waals surface area contributed by atoms with Crippen LogP contribution in [0, 0.1) is 0 Å². The summed E-state index contributed by atoms with van der Waals surface area (Å²) in [5, 5.41) is 12.5. The number of amides is 1. The van der Waals surface area contributed by atoms with Crippen LogP contribution in [0.25, 0.3) is 11.1 Å². The second kappa shape index (κ2) is 24.1. The molecular formula is C55H55NO13S. The minimum atomic E-state index is -1.66. The number of aliphatic carboxylic acids is 1. The summed E-state index contributed by atoms with van der Waals surface area (Å²) >= 11 is 1.42. The minimum absolute atomic E-state index is 0.0394. The largest absolute Gasteiger partial charge is 0.497 e. The number of thioether (sulfide) groups is 1. The first-order chi connectivity index (χ1) is 34.2. The summed E-state index contributed by atoms with van der Waals surface area (Å²) in [5.74, 6) is -0.517. The molecule has 0 spiro atoms. The molecule has 0 saturated carbocycles. The Bertz CT molecular complexity index is 2600. The quantitative estimate of drug-likeness (QED) is 0.0618. The molecule has 1 saturated heterocycles. The van der Waals surface area contributed by atoms with Crippen LogP contribution < -0.4 is 19.5 Å². The number of hydrogen-bond acceptors (Lipinski definition) is 13. The number of hydrogen-bond donors (Lipinski definition) is 2. The molecule has 14 nitrogen and oxygen atoms in total. The summed E-state index contributed by atoms with van der Waals surface area (Å²) in [6.45, 7) is 0.0453. The lowest BCUT2D eigenvalue weighted by Gasteiger charge is -2.46. The van der Waals surface area contributed by atoms with Gasteiger partial charge in [0.1, 0.15) is 66.4 Å². The van der Waals surface area contributed by atoms with Gasteiger partial charge in [-0.3, -0.25) is 4.79 Å². The highest BCUT2D eigenvalue weighted by molar-refractivity contribution is 7.99. The maximum Gasteiger partial charge on any atom is 0.407 e. The summed E-state index contributed by atoms with van der Waals surface area (Å²) < 4.78 is 54.9. The first-order valence-electron chi connectivity index (χ1n) is 22.8. The minimum Gasteiger partial charge on any atom is -0.497 e. The molecule has 0 unspecified atom stereocenters. The van der Waals surface area contributed by atoms with Gasteiger partial charge >= 0.3 is 18.0 Å². The van der Waals surface area contributed by atoms with E-state index < -0.39 is 60.3 Å². The molecule has 6 atom stereocenters. The van der Waals surface area contributed by atoms with Crippen molar-refractivity contribution in [2.75, 3.05) is 34.5 Å². The van der Waals surface area contributed by atoms with Gasteiger partial charge in [0.2, 0.25) is 0 Å². The van der Waals surface area contributed by atoms with Gasteiger partial charge in [-0.05, 0) is 87.5 Å². The van der Waals surface area contributed by atoms with E-state index in [9.17, 15) is 19.5 Å². The second-order valence-electron chi connectivity index (χ2n) is 16.6. The molecule has 6 aromatic rings. The van der Waals surface area contributed by atoms with Gasteiger partial charge in [-0.15, -0.1) is 0 Å². The van der Waals surface area contributed by atoms with Crippen molar-refractivity contribution < 1.29 is 62.1 Å². The number of carboxylic acid groups (broad SMARTS) is 1. The van der Waals surface area contributed by atoms with Gasteiger partial charge in [0.25, 0.3) is 0 Å². The van der Waals surface area contributed by atoms with Gasteiger partial charge < -0.3 is 53.1 Å². The number of nitrogens with one attached hydrogen (secondary N) is 1. The molecule has 2 aliphatic rings. The molecule has 15 heteroatoms. The highest BCUT2D eigenvalue weighted by Crippen LogP contribution is 2.45. The number of methoxy groups -OCH3 is 3. The fourth-order valence-corrected chi connectivity index (χ4v) is 9.58. The highest BCUT2D eigenvalue weighted by atomic mass is 32.2. The first kappa shape index (κ1) is 49.5. The van der Waals surface area contributed by atoms with Crippen molar-refractivity contribution in [3.63, 3.8) is 0 Å². The van der Waals surface area contributed by atoms with Gasteiger partial charge in [-0.25, -0.2) is 9.59 Å². The van der Waals surface area contributed by atoms with E-state index >= 15 is 0 Å². The van der Waals surface area contributed by atoms with Crippen LogP contribution in [0.4, 0.5) is 4.79 Å². The number of rotatable bonds is 22. The molecule has 1 aliphatic heterocycles. The molecule has 2 N–H and O–H groups in total.